The van der Waals surface area contributed by atoms with Gasteiger partial charge in [-0.2, -0.15) is 13.2 Å². The first-order valence-corrected chi connectivity index (χ1v) is 6.59. The number of halogens is 3. The molecule has 0 aromatic heterocycles. The maximum Gasteiger partial charge on any atom is 0.422 e. The van der Waals surface area contributed by atoms with Crippen LogP contribution in [0.2, 0.25) is 0 Å². The molecular weight excluding hydrogens is 257 g/mol. The Kier molecular flexibility index (Phi) is 4.01. The minimum atomic E-state index is -4.46. The van der Waals surface area contributed by atoms with Crippen molar-refractivity contribution in [1.29, 1.82) is 0 Å². The Morgan fingerprint density at radius 3 is 2.05 bits per heavy atom. The van der Waals surface area contributed by atoms with Crippen LogP contribution in [0.25, 0.3) is 0 Å². The largest absolute Gasteiger partial charge is 0.456 e. The lowest BCUT2D eigenvalue weighted by Gasteiger charge is -2.30. The van der Waals surface area contributed by atoms with Crippen LogP contribution in [-0.4, -0.2) is 18.8 Å². The van der Waals surface area contributed by atoms with E-state index in [0.29, 0.717) is 12.8 Å². The van der Waals surface area contributed by atoms with E-state index in [9.17, 15) is 18.0 Å². The molecule has 2 nitrogen and oxygen atoms in total. The number of carbonyl (C=O) groups excluding carboxylic acids is 1. The van der Waals surface area contributed by atoms with Gasteiger partial charge in [0, 0.05) is 0 Å². The van der Waals surface area contributed by atoms with Crippen molar-refractivity contribution in [2.24, 2.45) is 16.2 Å². The van der Waals surface area contributed by atoms with Crippen LogP contribution >= 0.6 is 0 Å². The zero-order valence-corrected chi connectivity index (χ0v) is 12.3. The topological polar surface area (TPSA) is 26.3 Å². The summed E-state index contributed by atoms with van der Waals surface area (Å²) in [4.78, 5) is 12.1. The molecule has 112 valence electrons. The molecule has 0 saturated heterocycles. The zero-order chi connectivity index (χ0) is 15.1. The molecule has 19 heavy (non-hydrogen) atoms. The number of hydrogen-bond donors (Lipinski definition) is 0. The molecule has 0 aromatic rings. The van der Waals surface area contributed by atoms with Crippen LogP contribution in [0.5, 0.6) is 0 Å². The Balaban J connectivity index is 2.77. The monoisotopic (exact) mass is 280 g/mol. The highest BCUT2D eigenvalue weighted by Gasteiger charge is 2.68. The van der Waals surface area contributed by atoms with Crippen molar-refractivity contribution in [3.8, 4) is 0 Å². The highest BCUT2D eigenvalue weighted by atomic mass is 19.4. The molecule has 5 heteroatoms. The van der Waals surface area contributed by atoms with Crippen molar-refractivity contribution in [2.75, 3.05) is 6.61 Å². The summed E-state index contributed by atoms with van der Waals surface area (Å²) in [5, 5.41) is 0. The SMILES string of the molecule is CCC(C)(C)CC1(C(=O)OCC(F)(F)F)CC1(C)C. The number of hydrogen-bond acceptors (Lipinski definition) is 2. The average Bonchev–Trinajstić information content (AvgIpc) is 2.76. The van der Waals surface area contributed by atoms with Crippen molar-refractivity contribution in [2.45, 2.75) is 60.1 Å². The van der Waals surface area contributed by atoms with Crippen molar-refractivity contribution in [1.82, 2.24) is 0 Å². The van der Waals surface area contributed by atoms with E-state index in [1.165, 1.54) is 0 Å². The predicted octanol–water partition coefficient (Wildman–Crippen LogP) is 4.33. The lowest BCUT2D eigenvalue weighted by molar-refractivity contribution is -0.192. The number of alkyl halides is 3. The first-order valence-electron chi connectivity index (χ1n) is 6.59. The lowest BCUT2D eigenvalue weighted by atomic mass is 9.76. The molecule has 0 spiro atoms. The normalized spacial score (nSPS) is 26.1. The molecule has 1 unspecified atom stereocenters. The second-order valence-corrected chi connectivity index (χ2v) is 7.03. The van der Waals surface area contributed by atoms with Crippen LogP contribution in [0.4, 0.5) is 13.2 Å². The Hall–Kier alpha value is -0.740. The van der Waals surface area contributed by atoms with Gasteiger partial charge in [-0.05, 0) is 23.7 Å². The third-order valence-electron chi connectivity index (χ3n) is 4.41. The molecular formula is C14H23F3O2. The standard InChI is InChI=1S/C14H23F3O2/c1-6-11(2,3)7-13(8-12(13,4)5)10(18)19-9-14(15,16)17/h6-9H2,1-5H3. The molecule has 1 atom stereocenters. The first kappa shape index (κ1) is 16.3. The maximum atomic E-state index is 12.1. The highest BCUT2D eigenvalue weighted by molar-refractivity contribution is 5.81. The van der Waals surface area contributed by atoms with Gasteiger partial charge in [0.15, 0.2) is 6.61 Å². The van der Waals surface area contributed by atoms with Crippen LogP contribution in [0.1, 0.15) is 53.9 Å². The van der Waals surface area contributed by atoms with Crippen molar-refractivity contribution in [3.05, 3.63) is 0 Å². The van der Waals surface area contributed by atoms with Crippen LogP contribution < -0.4 is 0 Å². The molecule has 0 aromatic carbocycles. The van der Waals surface area contributed by atoms with Crippen LogP contribution in [0.15, 0.2) is 0 Å². The summed E-state index contributed by atoms with van der Waals surface area (Å²) in [7, 11) is 0. The summed E-state index contributed by atoms with van der Waals surface area (Å²) in [5.74, 6) is -0.698. The van der Waals surface area contributed by atoms with Gasteiger partial charge in [-0.25, -0.2) is 0 Å². The summed E-state index contributed by atoms with van der Waals surface area (Å²) in [6.07, 6.45) is -2.42. The Labute approximate surface area is 112 Å². The molecule has 0 aliphatic heterocycles. The Morgan fingerprint density at radius 2 is 1.74 bits per heavy atom. The molecule has 0 bridgehead atoms. The quantitative estimate of drug-likeness (QED) is 0.700. The summed E-state index contributed by atoms with van der Waals surface area (Å²) < 4.78 is 40.9. The van der Waals surface area contributed by atoms with E-state index in [2.05, 4.69) is 4.74 Å². The fourth-order valence-corrected chi connectivity index (χ4v) is 2.66. The minimum Gasteiger partial charge on any atom is -0.456 e. The third-order valence-corrected chi connectivity index (χ3v) is 4.41. The molecule has 0 radical (unpaired) electrons. The second-order valence-electron chi connectivity index (χ2n) is 7.03. The fraction of sp³-hybridized carbons (Fsp3) is 0.929. The molecule has 1 aliphatic rings. The average molecular weight is 280 g/mol. The Morgan fingerprint density at radius 1 is 1.26 bits per heavy atom. The van der Waals surface area contributed by atoms with E-state index in [1.54, 1.807) is 0 Å². The summed E-state index contributed by atoms with van der Waals surface area (Å²) in [6.45, 7) is 8.40. The van der Waals surface area contributed by atoms with Gasteiger partial charge < -0.3 is 4.74 Å². The molecule has 1 rings (SSSR count). The second kappa shape index (κ2) is 4.67. The number of esters is 1. The van der Waals surface area contributed by atoms with E-state index < -0.39 is 24.2 Å². The zero-order valence-electron chi connectivity index (χ0n) is 12.3. The van der Waals surface area contributed by atoms with Crippen LogP contribution in [0, 0.1) is 16.2 Å². The van der Waals surface area contributed by atoms with Crippen LogP contribution in [-0.2, 0) is 9.53 Å². The number of carbonyl (C=O) groups is 1. The minimum absolute atomic E-state index is 0.0784. The van der Waals surface area contributed by atoms with E-state index in [-0.39, 0.29) is 10.8 Å². The molecule has 1 aliphatic carbocycles. The molecule has 0 N–H and O–H groups in total. The maximum absolute atomic E-state index is 12.1. The van der Waals surface area contributed by atoms with Crippen molar-refractivity contribution < 1.29 is 22.7 Å². The van der Waals surface area contributed by atoms with E-state index in [0.717, 1.165) is 6.42 Å². The van der Waals surface area contributed by atoms with Gasteiger partial charge in [-0.1, -0.05) is 41.0 Å². The van der Waals surface area contributed by atoms with Gasteiger partial charge in [-0.3, -0.25) is 4.79 Å². The van der Waals surface area contributed by atoms with Crippen molar-refractivity contribution >= 4 is 5.97 Å². The fourth-order valence-electron chi connectivity index (χ4n) is 2.66. The molecule has 1 fully saturated rings. The summed E-state index contributed by atoms with van der Waals surface area (Å²) >= 11 is 0. The third kappa shape index (κ3) is 3.63. The lowest BCUT2D eigenvalue weighted by Crippen LogP contribution is -2.32. The smallest absolute Gasteiger partial charge is 0.422 e. The summed E-state index contributed by atoms with van der Waals surface area (Å²) in [6, 6.07) is 0. The first-order chi connectivity index (χ1) is 8.35. The number of ether oxygens (including phenoxy) is 1. The van der Waals surface area contributed by atoms with Gasteiger partial charge in [0.05, 0.1) is 5.41 Å². The highest BCUT2D eigenvalue weighted by Crippen LogP contribution is 2.68. The van der Waals surface area contributed by atoms with Gasteiger partial charge in [0.25, 0.3) is 0 Å². The van der Waals surface area contributed by atoms with Gasteiger partial charge >= 0.3 is 12.1 Å². The van der Waals surface area contributed by atoms with E-state index in [1.807, 2.05) is 34.6 Å². The Bertz CT molecular complexity index is 358. The van der Waals surface area contributed by atoms with Crippen molar-refractivity contribution in [3.63, 3.8) is 0 Å². The van der Waals surface area contributed by atoms with Crippen LogP contribution in [0.3, 0.4) is 0 Å². The number of rotatable bonds is 5. The molecule has 0 amide bonds. The molecule has 1 saturated carbocycles. The van der Waals surface area contributed by atoms with Gasteiger partial charge in [0.1, 0.15) is 0 Å². The predicted molar refractivity (Wildman–Crippen MR) is 66.5 cm³/mol. The molecule has 0 heterocycles. The van der Waals surface area contributed by atoms with E-state index >= 15 is 0 Å². The summed E-state index contributed by atoms with van der Waals surface area (Å²) in [5.41, 5.74) is -1.11. The van der Waals surface area contributed by atoms with Gasteiger partial charge in [-0.15, -0.1) is 0 Å². The van der Waals surface area contributed by atoms with E-state index in [4.69, 9.17) is 0 Å². The van der Waals surface area contributed by atoms with Gasteiger partial charge in [0.2, 0.25) is 0 Å².